The maximum Gasteiger partial charge on any atom is 0.240 e. The van der Waals surface area contributed by atoms with E-state index in [4.69, 9.17) is 9.47 Å². The largest absolute Gasteiger partial charge is 0.454 e. The summed E-state index contributed by atoms with van der Waals surface area (Å²) in [5, 5.41) is 0. The third-order valence-electron chi connectivity index (χ3n) is 5.64. The van der Waals surface area contributed by atoms with Gasteiger partial charge in [-0.1, -0.05) is 6.07 Å². The van der Waals surface area contributed by atoms with Gasteiger partial charge < -0.3 is 14.4 Å². The summed E-state index contributed by atoms with van der Waals surface area (Å²) < 4.78 is 38.9. The lowest BCUT2D eigenvalue weighted by atomic mass is 10.1. The molecular weight excluding hydrogens is 392 g/mol. The SMILES string of the molecule is CC1Cc2cc(S(=O)(=O)NCc3ccc4c(c3)OCO4)ccc2N1C(=O)C1CC1. The molecule has 0 bridgehead atoms. The Kier molecular flexibility index (Phi) is 4.29. The average molecular weight is 414 g/mol. The molecule has 1 amide bonds. The van der Waals surface area contributed by atoms with E-state index >= 15 is 0 Å². The number of hydrogen-bond acceptors (Lipinski definition) is 5. The molecule has 1 N–H and O–H groups in total. The van der Waals surface area contributed by atoms with E-state index in [2.05, 4.69) is 4.72 Å². The maximum absolute atomic E-state index is 12.8. The summed E-state index contributed by atoms with van der Waals surface area (Å²) in [4.78, 5) is 14.6. The normalized spacial score (nSPS) is 20.0. The molecule has 5 rings (SSSR count). The van der Waals surface area contributed by atoms with E-state index in [0.29, 0.717) is 17.9 Å². The van der Waals surface area contributed by atoms with Gasteiger partial charge in [-0.2, -0.15) is 0 Å². The molecule has 3 aliphatic rings. The Labute approximate surface area is 169 Å². The quantitative estimate of drug-likeness (QED) is 0.813. The van der Waals surface area contributed by atoms with Gasteiger partial charge in [0.2, 0.25) is 22.7 Å². The van der Waals surface area contributed by atoms with Crippen molar-refractivity contribution in [1.82, 2.24) is 4.72 Å². The monoisotopic (exact) mass is 414 g/mol. The summed E-state index contributed by atoms with van der Waals surface area (Å²) in [7, 11) is -3.68. The van der Waals surface area contributed by atoms with Crippen molar-refractivity contribution in [1.29, 1.82) is 0 Å². The van der Waals surface area contributed by atoms with Gasteiger partial charge in [0.15, 0.2) is 11.5 Å². The van der Waals surface area contributed by atoms with E-state index in [1.54, 1.807) is 30.3 Å². The molecule has 0 radical (unpaired) electrons. The molecule has 0 saturated heterocycles. The first-order valence-electron chi connectivity index (χ1n) is 9.76. The highest BCUT2D eigenvalue weighted by Crippen LogP contribution is 2.39. The second-order valence-electron chi connectivity index (χ2n) is 7.84. The van der Waals surface area contributed by atoms with Crippen molar-refractivity contribution in [2.24, 2.45) is 5.92 Å². The van der Waals surface area contributed by atoms with Crippen LogP contribution in [0.3, 0.4) is 0 Å². The average Bonchev–Trinajstić information content (AvgIpc) is 3.35. The van der Waals surface area contributed by atoms with Crippen LogP contribution < -0.4 is 19.1 Å². The predicted octanol–water partition coefficient (Wildman–Crippen LogP) is 2.58. The topological polar surface area (TPSA) is 84.9 Å². The molecule has 1 aliphatic carbocycles. The molecule has 1 atom stereocenters. The Hall–Kier alpha value is -2.58. The van der Waals surface area contributed by atoms with E-state index in [9.17, 15) is 13.2 Å². The van der Waals surface area contributed by atoms with Crippen LogP contribution in [0.2, 0.25) is 0 Å². The Morgan fingerprint density at radius 1 is 1.14 bits per heavy atom. The van der Waals surface area contributed by atoms with Gasteiger partial charge in [0.05, 0.1) is 4.90 Å². The second-order valence-corrected chi connectivity index (χ2v) is 9.61. The minimum absolute atomic E-state index is 0.0534. The van der Waals surface area contributed by atoms with Crippen LogP contribution in [0.5, 0.6) is 11.5 Å². The van der Waals surface area contributed by atoms with Crippen molar-refractivity contribution in [2.75, 3.05) is 11.7 Å². The number of carbonyl (C=O) groups excluding carboxylic acids is 1. The van der Waals surface area contributed by atoms with Crippen LogP contribution in [-0.4, -0.2) is 27.2 Å². The summed E-state index contributed by atoms with van der Waals surface area (Å²) in [5.41, 5.74) is 2.52. The van der Waals surface area contributed by atoms with Gasteiger partial charge in [-0.15, -0.1) is 0 Å². The van der Waals surface area contributed by atoms with Gasteiger partial charge in [-0.25, -0.2) is 13.1 Å². The zero-order valence-electron chi connectivity index (χ0n) is 16.1. The lowest BCUT2D eigenvalue weighted by Crippen LogP contribution is -2.36. The number of nitrogens with one attached hydrogen (secondary N) is 1. The fraction of sp³-hybridized carbons (Fsp3) is 0.381. The van der Waals surface area contributed by atoms with Gasteiger partial charge in [0.1, 0.15) is 0 Å². The Bertz CT molecular complexity index is 1090. The molecule has 2 aliphatic heterocycles. The van der Waals surface area contributed by atoms with Gasteiger partial charge >= 0.3 is 0 Å². The molecular formula is C21H22N2O5S. The summed E-state index contributed by atoms with van der Waals surface area (Å²) in [6, 6.07) is 10.4. The third-order valence-corrected chi connectivity index (χ3v) is 7.04. The van der Waals surface area contributed by atoms with Crippen molar-refractivity contribution in [3.05, 3.63) is 47.5 Å². The van der Waals surface area contributed by atoms with Crippen LogP contribution in [0.15, 0.2) is 41.3 Å². The standard InChI is InChI=1S/C21H22N2O5S/c1-13-8-16-10-17(5-6-18(16)23(13)21(24)15-3-4-15)29(25,26)22-11-14-2-7-19-20(9-14)28-12-27-19/h2,5-7,9-10,13,15,22H,3-4,8,11-12H2,1H3. The van der Waals surface area contributed by atoms with Crippen LogP contribution in [0, 0.1) is 5.92 Å². The number of rotatable bonds is 5. The molecule has 152 valence electrons. The predicted molar refractivity (Wildman–Crippen MR) is 106 cm³/mol. The summed E-state index contributed by atoms with van der Waals surface area (Å²) in [6.45, 7) is 2.34. The molecule has 2 heterocycles. The Morgan fingerprint density at radius 3 is 2.72 bits per heavy atom. The number of ether oxygens (including phenoxy) is 2. The van der Waals surface area contributed by atoms with Gasteiger partial charge in [0.25, 0.3) is 0 Å². The van der Waals surface area contributed by atoms with Crippen LogP contribution >= 0.6 is 0 Å². The maximum atomic E-state index is 12.8. The number of amides is 1. The lowest BCUT2D eigenvalue weighted by molar-refractivity contribution is -0.120. The van der Waals surface area contributed by atoms with Crippen molar-refractivity contribution < 1.29 is 22.7 Å². The molecule has 8 heteroatoms. The van der Waals surface area contributed by atoms with Gasteiger partial charge in [-0.3, -0.25) is 4.79 Å². The van der Waals surface area contributed by atoms with Crippen molar-refractivity contribution in [3.63, 3.8) is 0 Å². The minimum Gasteiger partial charge on any atom is -0.454 e. The fourth-order valence-electron chi connectivity index (χ4n) is 3.95. The summed E-state index contributed by atoms with van der Waals surface area (Å²) >= 11 is 0. The molecule has 0 spiro atoms. The molecule has 0 aromatic heterocycles. The number of hydrogen-bond donors (Lipinski definition) is 1. The number of benzene rings is 2. The van der Waals surface area contributed by atoms with E-state index < -0.39 is 10.0 Å². The van der Waals surface area contributed by atoms with E-state index in [-0.39, 0.29) is 36.1 Å². The highest BCUT2D eigenvalue weighted by atomic mass is 32.2. The van der Waals surface area contributed by atoms with Crippen molar-refractivity contribution in [2.45, 2.75) is 43.7 Å². The van der Waals surface area contributed by atoms with Gasteiger partial charge in [-0.05, 0) is 67.6 Å². The number of fused-ring (bicyclic) bond motifs is 2. The summed E-state index contributed by atoms with van der Waals surface area (Å²) in [6.07, 6.45) is 2.57. The smallest absolute Gasteiger partial charge is 0.240 e. The van der Waals surface area contributed by atoms with Crippen LogP contribution in [0.1, 0.15) is 30.9 Å². The second kappa shape index (κ2) is 6.74. The third kappa shape index (κ3) is 3.36. The zero-order chi connectivity index (χ0) is 20.2. The van der Waals surface area contributed by atoms with Gasteiger partial charge in [0, 0.05) is 24.2 Å². The molecule has 29 heavy (non-hydrogen) atoms. The van der Waals surface area contributed by atoms with Crippen LogP contribution in [0.25, 0.3) is 0 Å². The molecule has 2 aromatic rings. The lowest BCUT2D eigenvalue weighted by Gasteiger charge is -2.22. The molecule has 1 fully saturated rings. The highest BCUT2D eigenvalue weighted by molar-refractivity contribution is 7.89. The fourth-order valence-corrected chi connectivity index (χ4v) is 5.02. The van der Waals surface area contributed by atoms with Crippen molar-refractivity contribution >= 4 is 21.6 Å². The van der Waals surface area contributed by atoms with Crippen LogP contribution in [-0.2, 0) is 27.8 Å². The number of carbonyl (C=O) groups is 1. The van der Waals surface area contributed by atoms with Crippen molar-refractivity contribution in [3.8, 4) is 11.5 Å². The van der Waals surface area contributed by atoms with Crippen LogP contribution in [0.4, 0.5) is 5.69 Å². The van der Waals surface area contributed by atoms with E-state index in [1.807, 2.05) is 17.9 Å². The molecule has 1 saturated carbocycles. The number of anilines is 1. The molecule has 1 unspecified atom stereocenters. The van der Waals surface area contributed by atoms with E-state index in [1.165, 1.54) is 0 Å². The Balaban J connectivity index is 1.34. The molecule has 2 aromatic carbocycles. The first kappa shape index (κ1) is 18.4. The zero-order valence-corrected chi connectivity index (χ0v) is 16.9. The van der Waals surface area contributed by atoms with E-state index in [0.717, 1.165) is 29.7 Å². The first-order chi connectivity index (χ1) is 13.9. The molecule has 7 nitrogen and oxygen atoms in total. The Morgan fingerprint density at radius 2 is 1.93 bits per heavy atom. The number of nitrogens with zero attached hydrogens (tertiary/aromatic N) is 1. The number of sulfonamides is 1. The highest BCUT2D eigenvalue weighted by Gasteiger charge is 2.39. The first-order valence-corrected chi connectivity index (χ1v) is 11.2. The summed E-state index contributed by atoms with van der Waals surface area (Å²) in [5.74, 6) is 1.58. The minimum atomic E-state index is -3.68.